The smallest absolute Gasteiger partial charge is 0.193 e. The number of nitrogens with one attached hydrogen (secondary N) is 1. The van der Waals surface area contributed by atoms with Crippen LogP contribution in [0, 0.1) is 6.92 Å². The van der Waals surface area contributed by atoms with E-state index in [0.717, 1.165) is 31.3 Å². The molecule has 0 heterocycles. The Morgan fingerprint density at radius 2 is 2.05 bits per heavy atom. The third-order valence-corrected chi connectivity index (χ3v) is 3.51. The third kappa shape index (κ3) is 6.83. The summed E-state index contributed by atoms with van der Waals surface area (Å²) >= 11 is 1.83. The van der Waals surface area contributed by atoms with E-state index in [0.29, 0.717) is 0 Å². The van der Waals surface area contributed by atoms with Crippen LogP contribution in [0.15, 0.2) is 29.3 Å². The van der Waals surface area contributed by atoms with Crippen LogP contribution in [0.4, 0.5) is 0 Å². The highest BCUT2D eigenvalue weighted by atomic mass is 127. The van der Waals surface area contributed by atoms with Crippen molar-refractivity contribution in [3.8, 4) is 0 Å². The average Bonchev–Trinajstić information content (AvgIpc) is 2.40. The standard InChI is InChI=1S/C15H25N3S.HI/c1-5-16-15(17-10-11-19-4)18(3)12-14-9-7-6-8-13(14)2;/h6-9H,5,10-12H2,1-4H3,(H,16,17);1H. The molecule has 0 aliphatic rings. The van der Waals surface area contributed by atoms with Gasteiger partial charge in [0.05, 0.1) is 6.54 Å². The van der Waals surface area contributed by atoms with Gasteiger partial charge in [0.15, 0.2) is 5.96 Å². The molecule has 0 amide bonds. The number of aryl methyl sites for hydroxylation is 1. The molecule has 0 aromatic heterocycles. The Morgan fingerprint density at radius 1 is 1.35 bits per heavy atom. The van der Waals surface area contributed by atoms with Crippen LogP contribution < -0.4 is 5.32 Å². The number of benzene rings is 1. The Labute approximate surface area is 144 Å². The maximum absolute atomic E-state index is 4.64. The average molecular weight is 407 g/mol. The van der Waals surface area contributed by atoms with E-state index in [1.54, 1.807) is 0 Å². The van der Waals surface area contributed by atoms with E-state index in [9.17, 15) is 0 Å². The Hall–Kier alpha value is -0.430. The summed E-state index contributed by atoms with van der Waals surface area (Å²) in [6, 6.07) is 8.50. The number of hydrogen-bond donors (Lipinski definition) is 1. The molecule has 0 radical (unpaired) electrons. The van der Waals surface area contributed by atoms with E-state index in [1.807, 2.05) is 11.8 Å². The normalized spacial score (nSPS) is 10.9. The summed E-state index contributed by atoms with van der Waals surface area (Å²) in [5.41, 5.74) is 2.68. The van der Waals surface area contributed by atoms with Crippen molar-refractivity contribution >= 4 is 41.7 Å². The first-order valence-corrected chi connectivity index (χ1v) is 8.11. The summed E-state index contributed by atoms with van der Waals surface area (Å²) in [6.45, 7) is 6.91. The summed E-state index contributed by atoms with van der Waals surface area (Å²) in [6.07, 6.45) is 2.11. The van der Waals surface area contributed by atoms with Gasteiger partial charge in [0, 0.05) is 25.9 Å². The molecule has 0 unspecified atom stereocenters. The number of hydrogen-bond acceptors (Lipinski definition) is 2. The van der Waals surface area contributed by atoms with Crippen molar-refractivity contribution in [1.82, 2.24) is 10.2 Å². The van der Waals surface area contributed by atoms with Crippen LogP contribution in [-0.4, -0.2) is 43.0 Å². The lowest BCUT2D eigenvalue weighted by atomic mass is 10.1. The van der Waals surface area contributed by atoms with Gasteiger partial charge < -0.3 is 10.2 Å². The van der Waals surface area contributed by atoms with Gasteiger partial charge in [0.25, 0.3) is 0 Å². The fourth-order valence-corrected chi connectivity index (χ4v) is 2.10. The summed E-state index contributed by atoms with van der Waals surface area (Å²) in [4.78, 5) is 6.83. The predicted molar refractivity (Wildman–Crippen MR) is 102 cm³/mol. The van der Waals surface area contributed by atoms with Gasteiger partial charge in [-0.3, -0.25) is 4.99 Å². The van der Waals surface area contributed by atoms with Crippen molar-refractivity contribution in [3.05, 3.63) is 35.4 Å². The fourth-order valence-electron chi connectivity index (χ4n) is 1.83. The molecule has 1 aromatic carbocycles. The molecular weight excluding hydrogens is 381 g/mol. The van der Waals surface area contributed by atoms with Gasteiger partial charge in [-0.25, -0.2) is 0 Å². The molecule has 0 fully saturated rings. The number of halogens is 1. The number of rotatable bonds is 6. The summed E-state index contributed by atoms with van der Waals surface area (Å²) in [7, 11) is 2.09. The van der Waals surface area contributed by atoms with Gasteiger partial charge in [-0.2, -0.15) is 11.8 Å². The van der Waals surface area contributed by atoms with Crippen molar-refractivity contribution in [3.63, 3.8) is 0 Å². The van der Waals surface area contributed by atoms with E-state index >= 15 is 0 Å². The Morgan fingerprint density at radius 3 is 2.65 bits per heavy atom. The van der Waals surface area contributed by atoms with E-state index in [1.165, 1.54) is 11.1 Å². The number of guanidine groups is 1. The van der Waals surface area contributed by atoms with Crippen LogP contribution in [0.5, 0.6) is 0 Å². The van der Waals surface area contributed by atoms with E-state index < -0.39 is 0 Å². The zero-order valence-corrected chi connectivity index (χ0v) is 16.0. The lowest BCUT2D eigenvalue weighted by Gasteiger charge is -2.23. The van der Waals surface area contributed by atoms with Gasteiger partial charge in [0.2, 0.25) is 0 Å². The van der Waals surface area contributed by atoms with Gasteiger partial charge in [-0.1, -0.05) is 24.3 Å². The Balaban J connectivity index is 0.00000361. The molecule has 1 aromatic rings. The maximum Gasteiger partial charge on any atom is 0.193 e. The molecule has 114 valence electrons. The molecule has 0 aliphatic carbocycles. The fraction of sp³-hybridized carbons (Fsp3) is 0.533. The molecule has 0 saturated carbocycles. The largest absolute Gasteiger partial charge is 0.357 e. The molecule has 1 rings (SSSR count). The van der Waals surface area contributed by atoms with E-state index in [-0.39, 0.29) is 24.0 Å². The van der Waals surface area contributed by atoms with Crippen molar-refractivity contribution in [2.45, 2.75) is 20.4 Å². The highest BCUT2D eigenvalue weighted by Crippen LogP contribution is 2.09. The van der Waals surface area contributed by atoms with E-state index in [2.05, 4.69) is 66.6 Å². The van der Waals surface area contributed by atoms with Crippen LogP contribution in [-0.2, 0) is 6.54 Å². The second kappa shape index (κ2) is 11.3. The highest BCUT2D eigenvalue weighted by molar-refractivity contribution is 14.0. The van der Waals surface area contributed by atoms with Crippen LogP contribution in [0.3, 0.4) is 0 Å². The number of nitrogens with zero attached hydrogens (tertiary/aromatic N) is 2. The Kier molecular flexibility index (Phi) is 11.0. The van der Waals surface area contributed by atoms with Crippen LogP contribution in [0.1, 0.15) is 18.1 Å². The summed E-state index contributed by atoms with van der Waals surface area (Å²) in [5, 5.41) is 3.35. The molecular formula is C15H26IN3S. The van der Waals surface area contributed by atoms with Crippen LogP contribution in [0.25, 0.3) is 0 Å². The van der Waals surface area contributed by atoms with Gasteiger partial charge in [0.1, 0.15) is 0 Å². The zero-order valence-electron chi connectivity index (χ0n) is 12.8. The summed E-state index contributed by atoms with van der Waals surface area (Å²) in [5.74, 6) is 2.05. The minimum atomic E-state index is 0. The van der Waals surface area contributed by atoms with Crippen LogP contribution in [0.2, 0.25) is 0 Å². The van der Waals surface area contributed by atoms with Crippen LogP contribution >= 0.6 is 35.7 Å². The van der Waals surface area contributed by atoms with E-state index in [4.69, 9.17) is 0 Å². The second-order valence-electron chi connectivity index (χ2n) is 4.51. The lowest BCUT2D eigenvalue weighted by Crippen LogP contribution is -2.38. The second-order valence-corrected chi connectivity index (χ2v) is 5.50. The summed E-state index contributed by atoms with van der Waals surface area (Å²) < 4.78 is 0. The highest BCUT2D eigenvalue weighted by Gasteiger charge is 2.07. The number of thioether (sulfide) groups is 1. The molecule has 0 aliphatic heterocycles. The Bertz CT molecular complexity index is 410. The molecule has 3 nitrogen and oxygen atoms in total. The van der Waals surface area contributed by atoms with Crippen molar-refractivity contribution in [2.24, 2.45) is 4.99 Å². The monoisotopic (exact) mass is 407 g/mol. The molecule has 20 heavy (non-hydrogen) atoms. The quantitative estimate of drug-likeness (QED) is 0.339. The number of aliphatic imine (C=N–C) groups is 1. The first kappa shape index (κ1) is 19.6. The third-order valence-electron chi connectivity index (χ3n) is 2.92. The van der Waals surface area contributed by atoms with Gasteiger partial charge in [-0.15, -0.1) is 24.0 Å². The van der Waals surface area contributed by atoms with Gasteiger partial charge in [-0.05, 0) is 31.2 Å². The topological polar surface area (TPSA) is 27.6 Å². The molecule has 1 N–H and O–H groups in total. The zero-order chi connectivity index (χ0) is 14.1. The SMILES string of the molecule is CCNC(=NCCSC)N(C)Cc1ccccc1C.I. The first-order chi connectivity index (χ1) is 9.19. The van der Waals surface area contributed by atoms with Gasteiger partial charge >= 0.3 is 0 Å². The van der Waals surface area contributed by atoms with Crippen molar-refractivity contribution in [1.29, 1.82) is 0 Å². The van der Waals surface area contributed by atoms with Crippen molar-refractivity contribution in [2.75, 3.05) is 32.1 Å². The minimum absolute atomic E-state index is 0. The first-order valence-electron chi connectivity index (χ1n) is 6.72. The molecule has 0 saturated heterocycles. The molecule has 0 bridgehead atoms. The predicted octanol–water partition coefficient (Wildman–Crippen LogP) is 3.37. The molecule has 0 atom stereocenters. The molecule has 5 heteroatoms. The minimum Gasteiger partial charge on any atom is -0.357 e. The van der Waals surface area contributed by atoms with Crippen molar-refractivity contribution < 1.29 is 0 Å². The molecule has 0 spiro atoms. The maximum atomic E-state index is 4.64. The lowest BCUT2D eigenvalue weighted by molar-refractivity contribution is 0.476.